The molecule has 8 nitrogen and oxygen atoms in total. The number of rotatable bonds is 6. The van der Waals surface area contributed by atoms with Gasteiger partial charge in [-0.15, -0.1) is 0 Å². The van der Waals surface area contributed by atoms with E-state index in [1.165, 1.54) is 6.33 Å². The highest BCUT2D eigenvalue weighted by molar-refractivity contribution is 7.89. The van der Waals surface area contributed by atoms with Crippen LogP contribution in [0, 0.1) is 0 Å². The zero-order valence-electron chi connectivity index (χ0n) is 17.2. The molecule has 4 heterocycles. The Morgan fingerprint density at radius 2 is 1.90 bits per heavy atom. The van der Waals surface area contributed by atoms with Gasteiger partial charge in [-0.25, -0.2) is 17.9 Å². The van der Waals surface area contributed by atoms with Gasteiger partial charge in [0.2, 0.25) is 0 Å². The van der Waals surface area contributed by atoms with Gasteiger partial charge in [0.05, 0.1) is 17.5 Å². The van der Waals surface area contributed by atoms with Crippen molar-refractivity contribution < 1.29 is 8.42 Å². The van der Waals surface area contributed by atoms with E-state index in [0.717, 1.165) is 16.8 Å². The van der Waals surface area contributed by atoms with Crippen molar-refractivity contribution in [2.24, 2.45) is 7.05 Å². The van der Waals surface area contributed by atoms with Gasteiger partial charge in [0, 0.05) is 51.0 Å². The van der Waals surface area contributed by atoms with E-state index in [2.05, 4.69) is 27.5 Å². The SMILES string of the molecule is Cn1cnc(S(=O)(=O)N2CC(NCc3cccc4ccnn34)C(c3ccccc3)C2)c1. The third kappa shape index (κ3) is 3.76. The highest BCUT2D eigenvalue weighted by Crippen LogP contribution is 2.31. The van der Waals surface area contributed by atoms with Crippen LogP contribution in [0.1, 0.15) is 17.2 Å². The zero-order chi connectivity index (χ0) is 21.4. The molecule has 1 saturated heterocycles. The van der Waals surface area contributed by atoms with Crippen LogP contribution in [0.2, 0.25) is 0 Å². The smallest absolute Gasteiger partial charge is 0.262 e. The summed E-state index contributed by atoms with van der Waals surface area (Å²) in [4.78, 5) is 4.08. The average molecular weight is 437 g/mol. The Bertz CT molecular complexity index is 1300. The topological polar surface area (TPSA) is 84.5 Å². The Morgan fingerprint density at radius 3 is 2.68 bits per heavy atom. The fraction of sp³-hybridized carbons (Fsp3) is 0.273. The molecule has 1 aromatic carbocycles. The van der Waals surface area contributed by atoms with Crippen molar-refractivity contribution in [2.75, 3.05) is 13.1 Å². The summed E-state index contributed by atoms with van der Waals surface area (Å²) < 4.78 is 31.5. The normalized spacial score (nSPS) is 19.9. The number of pyridine rings is 1. The number of sulfonamides is 1. The van der Waals surface area contributed by atoms with Crippen molar-refractivity contribution in [2.45, 2.75) is 23.5 Å². The third-order valence-electron chi connectivity index (χ3n) is 5.84. The molecule has 1 N–H and O–H groups in total. The number of benzene rings is 1. The maximum atomic E-state index is 13.2. The van der Waals surface area contributed by atoms with E-state index >= 15 is 0 Å². The maximum absolute atomic E-state index is 13.2. The average Bonchev–Trinajstić information content (AvgIpc) is 3.52. The van der Waals surface area contributed by atoms with Crippen molar-refractivity contribution in [3.63, 3.8) is 0 Å². The molecular formula is C22H24N6O2S. The second-order valence-electron chi connectivity index (χ2n) is 7.89. The summed E-state index contributed by atoms with van der Waals surface area (Å²) in [6.07, 6.45) is 4.84. The van der Waals surface area contributed by atoms with Gasteiger partial charge in [0.25, 0.3) is 10.0 Å². The summed E-state index contributed by atoms with van der Waals surface area (Å²) in [5.74, 6) is 0.0384. The molecule has 1 aliphatic heterocycles. The molecule has 2 unspecified atom stereocenters. The van der Waals surface area contributed by atoms with Crippen LogP contribution < -0.4 is 5.32 Å². The van der Waals surface area contributed by atoms with Crippen LogP contribution in [0.3, 0.4) is 0 Å². The van der Waals surface area contributed by atoms with Crippen molar-refractivity contribution >= 4 is 15.5 Å². The largest absolute Gasteiger partial charge is 0.339 e. The summed E-state index contributed by atoms with van der Waals surface area (Å²) in [5.41, 5.74) is 3.18. The van der Waals surface area contributed by atoms with Crippen LogP contribution in [0.5, 0.6) is 0 Å². The van der Waals surface area contributed by atoms with E-state index in [9.17, 15) is 8.42 Å². The fourth-order valence-electron chi connectivity index (χ4n) is 4.24. The fourth-order valence-corrected chi connectivity index (χ4v) is 5.70. The van der Waals surface area contributed by atoms with Gasteiger partial charge in [0.1, 0.15) is 0 Å². The number of hydrogen-bond donors (Lipinski definition) is 1. The van der Waals surface area contributed by atoms with Crippen molar-refractivity contribution in [3.05, 3.63) is 84.6 Å². The number of nitrogens with zero attached hydrogens (tertiary/aromatic N) is 5. The minimum absolute atomic E-state index is 0.0355. The molecule has 0 radical (unpaired) electrons. The number of imidazole rings is 1. The molecule has 0 aliphatic carbocycles. The van der Waals surface area contributed by atoms with E-state index in [-0.39, 0.29) is 17.0 Å². The van der Waals surface area contributed by atoms with E-state index in [1.807, 2.05) is 47.0 Å². The second-order valence-corrected chi connectivity index (χ2v) is 9.77. The molecule has 9 heteroatoms. The number of hydrogen-bond acceptors (Lipinski definition) is 5. The first-order chi connectivity index (χ1) is 15.0. The standard InChI is InChI=1S/C22H24N6O2S/c1-26-15-22(24-16-26)31(29,30)27-13-20(17-6-3-2-4-7-17)21(14-27)23-12-19-9-5-8-18-10-11-25-28(18)19/h2-11,15-16,20-21,23H,12-14H2,1H3. The quantitative estimate of drug-likeness (QED) is 0.500. The van der Waals surface area contributed by atoms with Crippen molar-refractivity contribution in [1.29, 1.82) is 0 Å². The van der Waals surface area contributed by atoms with E-state index in [4.69, 9.17) is 0 Å². The number of nitrogens with one attached hydrogen (secondary N) is 1. The molecule has 31 heavy (non-hydrogen) atoms. The van der Waals surface area contributed by atoms with Gasteiger partial charge in [-0.2, -0.15) is 9.40 Å². The first kappa shape index (κ1) is 19.9. The predicted octanol–water partition coefficient (Wildman–Crippen LogP) is 2.01. The van der Waals surface area contributed by atoms with Crippen LogP contribution in [-0.4, -0.2) is 51.0 Å². The minimum Gasteiger partial charge on any atom is -0.339 e. The first-order valence-corrected chi connectivity index (χ1v) is 11.6. The van der Waals surface area contributed by atoms with E-state index in [1.54, 1.807) is 28.3 Å². The van der Waals surface area contributed by atoms with Gasteiger partial charge in [-0.3, -0.25) is 0 Å². The summed E-state index contributed by atoms with van der Waals surface area (Å²) in [6.45, 7) is 1.38. The summed E-state index contributed by atoms with van der Waals surface area (Å²) in [7, 11) is -1.89. The maximum Gasteiger partial charge on any atom is 0.262 e. The Kier molecular flexibility index (Phi) is 5.09. The van der Waals surface area contributed by atoms with Crippen LogP contribution in [0.15, 0.2) is 78.3 Å². The van der Waals surface area contributed by atoms with Gasteiger partial charge in [0.15, 0.2) is 5.03 Å². The predicted molar refractivity (Wildman–Crippen MR) is 117 cm³/mol. The van der Waals surface area contributed by atoms with Gasteiger partial charge in [-0.05, 0) is 23.8 Å². The lowest BCUT2D eigenvalue weighted by Gasteiger charge is -2.20. The zero-order valence-corrected chi connectivity index (χ0v) is 18.0. The van der Waals surface area contributed by atoms with Crippen LogP contribution in [-0.2, 0) is 23.6 Å². The molecular weight excluding hydrogens is 412 g/mol. The Labute approximate surface area is 181 Å². The monoisotopic (exact) mass is 436 g/mol. The van der Waals surface area contributed by atoms with Crippen LogP contribution >= 0.6 is 0 Å². The highest BCUT2D eigenvalue weighted by atomic mass is 32.2. The Balaban J connectivity index is 1.42. The molecule has 1 aliphatic rings. The highest BCUT2D eigenvalue weighted by Gasteiger charge is 2.40. The number of fused-ring (bicyclic) bond motifs is 1. The second kappa shape index (κ2) is 7.92. The first-order valence-electron chi connectivity index (χ1n) is 10.2. The summed E-state index contributed by atoms with van der Waals surface area (Å²) in [6, 6.07) is 18.1. The Hall–Kier alpha value is -3.01. The molecule has 0 amide bonds. The van der Waals surface area contributed by atoms with E-state index < -0.39 is 10.0 Å². The third-order valence-corrected chi connectivity index (χ3v) is 7.56. The van der Waals surface area contributed by atoms with Gasteiger partial charge < -0.3 is 9.88 Å². The molecule has 1 fully saturated rings. The molecule has 5 rings (SSSR count). The lowest BCUT2D eigenvalue weighted by atomic mass is 9.94. The van der Waals surface area contributed by atoms with E-state index in [0.29, 0.717) is 19.6 Å². The minimum atomic E-state index is -3.66. The van der Waals surface area contributed by atoms with Crippen LogP contribution in [0.25, 0.3) is 5.52 Å². The Morgan fingerprint density at radius 1 is 1.06 bits per heavy atom. The van der Waals surface area contributed by atoms with Crippen molar-refractivity contribution in [1.82, 2.24) is 28.8 Å². The molecule has 160 valence electrons. The molecule has 4 aromatic rings. The lowest BCUT2D eigenvalue weighted by Crippen LogP contribution is -2.36. The number of aromatic nitrogens is 4. The summed E-state index contributed by atoms with van der Waals surface area (Å²) in [5, 5.41) is 8.08. The lowest BCUT2D eigenvalue weighted by molar-refractivity contribution is 0.452. The van der Waals surface area contributed by atoms with Gasteiger partial charge in [-0.1, -0.05) is 36.4 Å². The van der Waals surface area contributed by atoms with Crippen molar-refractivity contribution in [3.8, 4) is 0 Å². The molecule has 3 aromatic heterocycles. The summed E-state index contributed by atoms with van der Waals surface area (Å²) >= 11 is 0. The number of aryl methyl sites for hydroxylation is 1. The molecule has 0 saturated carbocycles. The molecule has 0 bridgehead atoms. The molecule has 0 spiro atoms. The molecule has 2 atom stereocenters. The van der Waals surface area contributed by atoms with Gasteiger partial charge >= 0.3 is 0 Å². The van der Waals surface area contributed by atoms with Crippen LogP contribution in [0.4, 0.5) is 0 Å².